The summed E-state index contributed by atoms with van der Waals surface area (Å²) in [6.45, 7) is 5.98. The predicted molar refractivity (Wildman–Crippen MR) is 97.1 cm³/mol. The summed E-state index contributed by atoms with van der Waals surface area (Å²) >= 11 is 0. The van der Waals surface area contributed by atoms with Gasteiger partial charge in [-0.05, 0) is 20.3 Å². The number of aliphatic hydroxyl groups is 1. The van der Waals surface area contributed by atoms with Crippen LogP contribution in [0.4, 0.5) is 0 Å². The molecule has 0 aromatic carbocycles. The van der Waals surface area contributed by atoms with Crippen LogP contribution < -0.4 is 0 Å². The van der Waals surface area contributed by atoms with Gasteiger partial charge in [0.05, 0.1) is 0 Å². The van der Waals surface area contributed by atoms with Gasteiger partial charge in [0, 0.05) is 6.61 Å². The zero-order chi connectivity index (χ0) is 18.8. The maximum atomic E-state index is 11.1. The molecule has 1 aliphatic rings. The Bertz CT molecular complexity index is 452. The second kappa shape index (κ2) is 10.8. The van der Waals surface area contributed by atoms with Crippen LogP contribution in [0.15, 0.2) is 0 Å². The van der Waals surface area contributed by atoms with E-state index in [-0.39, 0.29) is 0 Å². The maximum absolute atomic E-state index is 11.1. The second-order valence-corrected chi connectivity index (χ2v) is 8.26. The van der Waals surface area contributed by atoms with Crippen LogP contribution in [0.25, 0.3) is 0 Å². The highest BCUT2D eigenvalue weighted by Gasteiger charge is 2.64. The van der Waals surface area contributed by atoms with Crippen molar-refractivity contribution in [1.29, 1.82) is 0 Å². The summed E-state index contributed by atoms with van der Waals surface area (Å²) in [5.41, 5.74) is -1.19. The highest BCUT2D eigenvalue weighted by Crippen LogP contribution is 2.42. The lowest BCUT2D eigenvalue weighted by atomic mass is 9.94. The monoisotopic (exact) mass is 380 g/mol. The first kappa shape index (κ1) is 22.8. The average Bonchev–Trinajstić information content (AvgIpc) is 2.51. The molecule has 0 aliphatic carbocycles. The lowest BCUT2D eigenvalue weighted by molar-refractivity contribution is -0.404. The van der Waals surface area contributed by atoms with Gasteiger partial charge >= 0.3 is 16.4 Å². The minimum Gasteiger partial charge on any atom is -0.367 e. The molecule has 6 nitrogen and oxygen atoms in total. The molecule has 25 heavy (non-hydrogen) atoms. The van der Waals surface area contributed by atoms with Crippen LogP contribution >= 0.6 is 0 Å². The highest BCUT2D eigenvalue weighted by molar-refractivity contribution is 7.82. The molecule has 150 valence electrons. The van der Waals surface area contributed by atoms with Crippen molar-refractivity contribution < 1.29 is 26.6 Å². The van der Waals surface area contributed by atoms with Crippen molar-refractivity contribution in [3.8, 4) is 0 Å². The number of unbranched alkanes of at least 4 members (excludes halogenated alkanes) is 10. The largest absolute Gasteiger partial charge is 0.409 e. The number of rotatable bonds is 15. The molecule has 1 rings (SSSR count). The van der Waals surface area contributed by atoms with Crippen molar-refractivity contribution in [2.75, 3.05) is 6.61 Å². The van der Waals surface area contributed by atoms with Crippen LogP contribution in [0.3, 0.4) is 0 Å². The van der Waals surface area contributed by atoms with Crippen molar-refractivity contribution >= 4 is 10.4 Å². The Morgan fingerprint density at radius 1 is 0.880 bits per heavy atom. The first-order valence-electron chi connectivity index (χ1n) is 9.81. The van der Waals surface area contributed by atoms with E-state index in [1.165, 1.54) is 51.4 Å². The Balaban J connectivity index is 2.16. The second-order valence-electron chi connectivity index (χ2n) is 7.11. The SMILES string of the molecule is CCCCCCCCCCCCCC(C)(OCC)C1(O)OS(=O)(=O)O1. The van der Waals surface area contributed by atoms with Gasteiger partial charge in [-0.2, -0.15) is 16.8 Å². The third kappa shape index (κ3) is 7.51. The molecule has 0 aromatic heterocycles. The summed E-state index contributed by atoms with van der Waals surface area (Å²) in [5, 5.41) is 10.2. The van der Waals surface area contributed by atoms with Crippen LogP contribution in [0.1, 0.15) is 97.8 Å². The molecule has 1 atom stereocenters. The topological polar surface area (TPSA) is 82.1 Å². The van der Waals surface area contributed by atoms with Gasteiger partial charge in [0.2, 0.25) is 0 Å². The Morgan fingerprint density at radius 3 is 1.72 bits per heavy atom. The van der Waals surface area contributed by atoms with Crippen molar-refractivity contribution in [2.45, 2.75) is 109 Å². The summed E-state index contributed by atoms with van der Waals surface area (Å²) < 4.78 is 36.8. The third-order valence-electron chi connectivity index (χ3n) is 4.82. The minimum atomic E-state index is -4.07. The molecule has 0 saturated carbocycles. The van der Waals surface area contributed by atoms with E-state index in [0.717, 1.165) is 19.3 Å². The van der Waals surface area contributed by atoms with Gasteiger partial charge in [-0.25, -0.2) is 0 Å². The van der Waals surface area contributed by atoms with Gasteiger partial charge in [0.15, 0.2) is 0 Å². The minimum absolute atomic E-state index is 0.337. The molecule has 1 aliphatic heterocycles. The number of hydrogen-bond acceptors (Lipinski definition) is 6. The summed E-state index contributed by atoms with van der Waals surface area (Å²) in [6.07, 6.45) is 13.9. The van der Waals surface area contributed by atoms with Crippen LogP contribution in [-0.2, 0) is 23.5 Å². The Labute approximate surface area is 153 Å². The molecule has 0 bridgehead atoms. The van der Waals surface area contributed by atoms with Gasteiger partial charge in [-0.15, -0.1) is 0 Å². The first-order valence-corrected chi connectivity index (χ1v) is 11.1. The summed E-state index contributed by atoms with van der Waals surface area (Å²) in [6, 6.07) is 0. The zero-order valence-corrected chi connectivity index (χ0v) is 16.9. The fourth-order valence-electron chi connectivity index (χ4n) is 3.23. The van der Waals surface area contributed by atoms with Crippen LogP contribution in [-0.4, -0.2) is 31.7 Å². The fourth-order valence-corrected chi connectivity index (χ4v) is 4.14. The van der Waals surface area contributed by atoms with Gasteiger partial charge in [-0.3, -0.25) is 0 Å². The van der Waals surface area contributed by atoms with E-state index in [0.29, 0.717) is 13.0 Å². The molecule has 1 unspecified atom stereocenters. The lowest BCUT2D eigenvalue weighted by Crippen LogP contribution is -2.65. The van der Waals surface area contributed by atoms with E-state index in [2.05, 4.69) is 15.3 Å². The normalized spacial score (nSPS) is 20.8. The smallest absolute Gasteiger partial charge is 0.367 e. The van der Waals surface area contributed by atoms with E-state index in [4.69, 9.17) is 4.74 Å². The molecule has 1 saturated heterocycles. The average molecular weight is 381 g/mol. The van der Waals surface area contributed by atoms with E-state index >= 15 is 0 Å². The fraction of sp³-hybridized carbons (Fsp3) is 1.00. The molecule has 0 radical (unpaired) electrons. The van der Waals surface area contributed by atoms with Crippen molar-refractivity contribution in [3.05, 3.63) is 0 Å². The quantitative estimate of drug-likeness (QED) is 0.424. The molecule has 0 aromatic rings. The lowest BCUT2D eigenvalue weighted by Gasteiger charge is -2.46. The Kier molecular flexibility index (Phi) is 9.88. The molecule has 7 heteroatoms. The zero-order valence-electron chi connectivity index (χ0n) is 16.1. The van der Waals surface area contributed by atoms with E-state index in [1.54, 1.807) is 13.8 Å². The van der Waals surface area contributed by atoms with Crippen LogP contribution in [0, 0.1) is 0 Å². The molecule has 0 amide bonds. The van der Waals surface area contributed by atoms with Crippen molar-refractivity contribution in [3.63, 3.8) is 0 Å². The van der Waals surface area contributed by atoms with Gasteiger partial charge in [-0.1, -0.05) is 77.6 Å². The van der Waals surface area contributed by atoms with Gasteiger partial charge in [0.1, 0.15) is 5.60 Å². The summed E-state index contributed by atoms with van der Waals surface area (Å²) in [5.74, 6) is -2.21. The van der Waals surface area contributed by atoms with E-state index in [1.807, 2.05) is 0 Å². The number of ether oxygens (including phenoxy) is 1. The molecule has 1 fully saturated rings. The van der Waals surface area contributed by atoms with Crippen molar-refractivity contribution in [2.24, 2.45) is 0 Å². The van der Waals surface area contributed by atoms with Crippen LogP contribution in [0.5, 0.6) is 0 Å². The first-order chi connectivity index (χ1) is 11.8. The molecule has 0 spiro atoms. The van der Waals surface area contributed by atoms with Gasteiger partial charge < -0.3 is 9.84 Å². The third-order valence-corrected chi connectivity index (χ3v) is 5.68. The van der Waals surface area contributed by atoms with Gasteiger partial charge in [0.25, 0.3) is 0 Å². The summed E-state index contributed by atoms with van der Waals surface area (Å²) in [4.78, 5) is 0. The standard InChI is InChI=1S/C18H36O6S/c1-4-6-7-8-9-10-11-12-13-14-15-16-17(3,22-5-2)18(19)23-25(20,21)24-18/h19H,4-16H2,1-3H3. The predicted octanol–water partition coefficient (Wildman–Crippen LogP) is 4.42. The highest BCUT2D eigenvalue weighted by atomic mass is 32.3. The molecule has 1 heterocycles. The van der Waals surface area contributed by atoms with Crippen molar-refractivity contribution in [1.82, 2.24) is 0 Å². The number of hydrogen-bond donors (Lipinski definition) is 1. The molecular formula is C18H36O6S. The van der Waals surface area contributed by atoms with Crippen LogP contribution in [0.2, 0.25) is 0 Å². The molecular weight excluding hydrogens is 344 g/mol. The van der Waals surface area contributed by atoms with E-state index in [9.17, 15) is 13.5 Å². The maximum Gasteiger partial charge on any atom is 0.409 e. The summed E-state index contributed by atoms with van der Waals surface area (Å²) in [7, 11) is -4.07. The Hall–Kier alpha value is -0.210. The molecule has 1 N–H and O–H groups in total. The van der Waals surface area contributed by atoms with E-state index < -0.39 is 22.0 Å². The Morgan fingerprint density at radius 2 is 1.32 bits per heavy atom.